The first-order valence-electron chi connectivity index (χ1n) is 8.61. The Morgan fingerprint density at radius 2 is 1.88 bits per heavy atom. The zero-order valence-electron chi connectivity index (χ0n) is 15.9. The monoisotopic (exact) mass is 464 g/mol. The van der Waals surface area contributed by atoms with Crippen LogP contribution in [0, 0.1) is 0 Å². The SMILES string of the molecule is CCCN(CC)CCN=C(N)NCCc1ccc(OC)c(OC)c1.I. The molecule has 1 aromatic carbocycles. The minimum Gasteiger partial charge on any atom is -0.493 e. The molecule has 144 valence electrons. The molecule has 0 heterocycles. The summed E-state index contributed by atoms with van der Waals surface area (Å²) in [5.74, 6) is 1.98. The molecular formula is C18H33IN4O2. The summed E-state index contributed by atoms with van der Waals surface area (Å²) in [5, 5.41) is 3.16. The molecule has 0 aliphatic heterocycles. The van der Waals surface area contributed by atoms with Crippen molar-refractivity contribution in [3.8, 4) is 11.5 Å². The van der Waals surface area contributed by atoms with Crippen LogP contribution in [0.1, 0.15) is 25.8 Å². The largest absolute Gasteiger partial charge is 0.493 e. The first kappa shape index (κ1) is 23.8. The van der Waals surface area contributed by atoms with E-state index in [1.807, 2.05) is 18.2 Å². The van der Waals surface area contributed by atoms with Crippen LogP contribution in [0.3, 0.4) is 0 Å². The van der Waals surface area contributed by atoms with Crippen molar-refractivity contribution in [1.29, 1.82) is 0 Å². The van der Waals surface area contributed by atoms with Gasteiger partial charge < -0.3 is 25.4 Å². The number of nitrogens with two attached hydrogens (primary N) is 1. The molecule has 3 N–H and O–H groups in total. The number of halogens is 1. The number of nitrogens with zero attached hydrogens (tertiary/aromatic N) is 2. The molecule has 0 aromatic heterocycles. The highest BCUT2D eigenvalue weighted by atomic mass is 127. The van der Waals surface area contributed by atoms with Gasteiger partial charge in [0.15, 0.2) is 17.5 Å². The fraction of sp³-hybridized carbons (Fsp3) is 0.611. The van der Waals surface area contributed by atoms with Crippen LogP contribution in [-0.2, 0) is 6.42 Å². The first-order valence-corrected chi connectivity index (χ1v) is 8.61. The normalized spacial score (nSPS) is 11.2. The van der Waals surface area contributed by atoms with E-state index in [-0.39, 0.29) is 24.0 Å². The molecule has 0 bridgehead atoms. The van der Waals surface area contributed by atoms with Crippen molar-refractivity contribution in [1.82, 2.24) is 10.2 Å². The second-order valence-corrected chi connectivity index (χ2v) is 5.57. The molecular weight excluding hydrogens is 431 g/mol. The number of rotatable bonds is 11. The molecule has 0 spiro atoms. The number of methoxy groups -OCH3 is 2. The zero-order chi connectivity index (χ0) is 17.8. The van der Waals surface area contributed by atoms with Gasteiger partial charge in [-0.25, -0.2) is 0 Å². The molecule has 0 amide bonds. The van der Waals surface area contributed by atoms with Gasteiger partial charge in [-0.15, -0.1) is 24.0 Å². The molecule has 0 saturated carbocycles. The van der Waals surface area contributed by atoms with Gasteiger partial charge in [-0.05, 0) is 43.6 Å². The minimum absolute atomic E-state index is 0. The number of benzene rings is 1. The van der Waals surface area contributed by atoms with Gasteiger partial charge in [-0.1, -0.05) is 19.9 Å². The van der Waals surface area contributed by atoms with Gasteiger partial charge in [0.1, 0.15) is 0 Å². The lowest BCUT2D eigenvalue weighted by atomic mass is 10.1. The number of hydrogen-bond acceptors (Lipinski definition) is 4. The maximum Gasteiger partial charge on any atom is 0.188 e. The standard InChI is InChI=1S/C18H32N4O2.HI/c1-5-12-22(6-2)13-11-21-18(19)20-10-9-15-7-8-16(23-3)17(14-15)24-4;/h7-8,14H,5-6,9-13H2,1-4H3,(H3,19,20,21);1H. The predicted molar refractivity (Wildman–Crippen MR) is 116 cm³/mol. The van der Waals surface area contributed by atoms with E-state index in [9.17, 15) is 0 Å². The van der Waals surface area contributed by atoms with Crippen molar-refractivity contribution in [3.05, 3.63) is 23.8 Å². The molecule has 0 radical (unpaired) electrons. The van der Waals surface area contributed by atoms with Crippen LogP contribution in [0.2, 0.25) is 0 Å². The van der Waals surface area contributed by atoms with Gasteiger partial charge in [-0.3, -0.25) is 4.99 Å². The Labute approximate surface area is 169 Å². The van der Waals surface area contributed by atoms with Gasteiger partial charge in [0.25, 0.3) is 0 Å². The van der Waals surface area contributed by atoms with Crippen LogP contribution < -0.4 is 20.5 Å². The second kappa shape index (κ2) is 14.0. The highest BCUT2D eigenvalue weighted by molar-refractivity contribution is 14.0. The fourth-order valence-corrected chi connectivity index (χ4v) is 2.48. The second-order valence-electron chi connectivity index (χ2n) is 5.57. The van der Waals surface area contributed by atoms with E-state index >= 15 is 0 Å². The Balaban J connectivity index is 0.00000576. The lowest BCUT2D eigenvalue weighted by Gasteiger charge is -2.18. The smallest absolute Gasteiger partial charge is 0.188 e. The quantitative estimate of drug-likeness (QED) is 0.299. The number of hydrogen-bond donors (Lipinski definition) is 2. The summed E-state index contributed by atoms with van der Waals surface area (Å²) in [5.41, 5.74) is 7.08. The van der Waals surface area contributed by atoms with E-state index in [1.165, 1.54) is 0 Å². The number of guanidine groups is 1. The van der Waals surface area contributed by atoms with E-state index in [4.69, 9.17) is 15.2 Å². The summed E-state index contributed by atoms with van der Waals surface area (Å²) >= 11 is 0. The molecule has 7 heteroatoms. The molecule has 0 aliphatic carbocycles. The summed E-state index contributed by atoms with van der Waals surface area (Å²) in [6.07, 6.45) is 2.00. The highest BCUT2D eigenvalue weighted by Crippen LogP contribution is 2.27. The average molecular weight is 464 g/mol. The number of likely N-dealkylation sites (N-methyl/N-ethyl adjacent to an activating group) is 1. The van der Waals surface area contributed by atoms with Crippen molar-refractivity contribution < 1.29 is 9.47 Å². The van der Waals surface area contributed by atoms with Crippen molar-refractivity contribution in [3.63, 3.8) is 0 Å². The Morgan fingerprint density at radius 3 is 2.48 bits per heavy atom. The lowest BCUT2D eigenvalue weighted by molar-refractivity contribution is 0.297. The summed E-state index contributed by atoms with van der Waals surface area (Å²) < 4.78 is 10.6. The third-order valence-electron chi connectivity index (χ3n) is 3.85. The lowest BCUT2D eigenvalue weighted by Crippen LogP contribution is -2.34. The third-order valence-corrected chi connectivity index (χ3v) is 3.85. The number of aliphatic imine (C=N–C) groups is 1. The summed E-state index contributed by atoms with van der Waals surface area (Å²) in [6.45, 7) is 8.93. The molecule has 1 rings (SSSR count). The van der Waals surface area contributed by atoms with Gasteiger partial charge in [0, 0.05) is 13.1 Å². The van der Waals surface area contributed by atoms with E-state index in [0.717, 1.165) is 62.6 Å². The van der Waals surface area contributed by atoms with Crippen LogP contribution in [0.15, 0.2) is 23.2 Å². The summed E-state index contributed by atoms with van der Waals surface area (Å²) in [6, 6.07) is 5.93. The average Bonchev–Trinajstić information content (AvgIpc) is 2.60. The topological polar surface area (TPSA) is 72.1 Å². The van der Waals surface area contributed by atoms with Gasteiger partial charge in [0.05, 0.1) is 20.8 Å². The van der Waals surface area contributed by atoms with E-state index in [0.29, 0.717) is 5.96 Å². The van der Waals surface area contributed by atoms with Crippen LogP contribution in [0.5, 0.6) is 11.5 Å². The maximum atomic E-state index is 5.92. The van der Waals surface area contributed by atoms with Crippen molar-refractivity contribution >= 4 is 29.9 Å². The van der Waals surface area contributed by atoms with E-state index in [2.05, 4.69) is 29.1 Å². The molecule has 0 atom stereocenters. The Bertz CT molecular complexity index is 512. The predicted octanol–water partition coefficient (Wildman–Crippen LogP) is 2.50. The molecule has 25 heavy (non-hydrogen) atoms. The van der Waals surface area contributed by atoms with Crippen LogP contribution in [0.4, 0.5) is 0 Å². The first-order chi connectivity index (χ1) is 11.6. The molecule has 0 saturated heterocycles. The Morgan fingerprint density at radius 1 is 1.16 bits per heavy atom. The van der Waals surface area contributed by atoms with Crippen LogP contribution in [-0.4, -0.2) is 57.8 Å². The fourth-order valence-electron chi connectivity index (χ4n) is 2.48. The van der Waals surface area contributed by atoms with Crippen LogP contribution >= 0.6 is 24.0 Å². The summed E-state index contributed by atoms with van der Waals surface area (Å²) in [7, 11) is 3.28. The van der Waals surface area contributed by atoms with Gasteiger partial charge >= 0.3 is 0 Å². The molecule has 1 aromatic rings. The maximum absolute atomic E-state index is 5.92. The molecule has 0 fully saturated rings. The van der Waals surface area contributed by atoms with Crippen molar-refractivity contribution in [2.75, 3.05) is 46.9 Å². The number of ether oxygens (including phenoxy) is 2. The van der Waals surface area contributed by atoms with Gasteiger partial charge in [-0.2, -0.15) is 0 Å². The molecule has 0 unspecified atom stereocenters. The van der Waals surface area contributed by atoms with Gasteiger partial charge in [0.2, 0.25) is 0 Å². The number of nitrogens with one attached hydrogen (secondary N) is 1. The van der Waals surface area contributed by atoms with Crippen LogP contribution in [0.25, 0.3) is 0 Å². The third kappa shape index (κ3) is 9.15. The van der Waals surface area contributed by atoms with Crippen molar-refractivity contribution in [2.24, 2.45) is 10.7 Å². The molecule has 6 nitrogen and oxygen atoms in total. The van der Waals surface area contributed by atoms with E-state index < -0.39 is 0 Å². The Kier molecular flexibility index (Phi) is 13.3. The molecule has 0 aliphatic rings. The minimum atomic E-state index is 0. The van der Waals surface area contributed by atoms with Crippen molar-refractivity contribution in [2.45, 2.75) is 26.7 Å². The Hall–Kier alpha value is -1.22. The zero-order valence-corrected chi connectivity index (χ0v) is 18.2. The summed E-state index contributed by atoms with van der Waals surface area (Å²) in [4.78, 5) is 6.76. The van der Waals surface area contributed by atoms with E-state index in [1.54, 1.807) is 14.2 Å². The highest BCUT2D eigenvalue weighted by Gasteiger charge is 2.04.